The van der Waals surface area contributed by atoms with Crippen LogP contribution in [0.5, 0.6) is 5.75 Å². The molecule has 12 nitrogen and oxygen atoms in total. The normalized spacial score (nSPS) is 26.6. The number of esters is 1. The van der Waals surface area contributed by atoms with Crippen LogP contribution in [0.1, 0.15) is 27.0 Å². The molecule has 0 amide bonds. The third-order valence-electron chi connectivity index (χ3n) is 5.19. The van der Waals surface area contributed by atoms with Crippen molar-refractivity contribution < 1.29 is 33.0 Å². The molecule has 1 aromatic heterocycles. The van der Waals surface area contributed by atoms with Crippen LogP contribution in [0, 0.1) is 0 Å². The lowest BCUT2D eigenvalue weighted by atomic mass is 10.0. The first-order valence-corrected chi connectivity index (χ1v) is 12.7. The van der Waals surface area contributed by atoms with E-state index in [0.29, 0.717) is 0 Å². The molecule has 0 saturated carbocycles. The number of carbonyl (C=O) groups excluding carboxylic acids is 1. The number of nitrogens with one attached hydrogen (secondary N) is 2. The van der Waals surface area contributed by atoms with Gasteiger partial charge in [0.2, 0.25) is 0 Å². The van der Waals surface area contributed by atoms with Gasteiger partial charge in [-0.25, -0.2) is 9.36 Å². The third kappa shape index (κ3) is 6.40. The molecule has 35 heavy (non-hydrogen) atoms. The van der Waals surface area contributed by atoms with Gasteiger partial charge in [0.1, 0.15) is 28.9 Å². The van der Waals surface area contributed by atoms with Gasteiger partial charge in [-0.05, 0) is 32.9 Å². The molecule has 6 atom stereocenters. The molecule has 1 saturated heterocycles. The number of aromatic amines is 1. The quantitative estimate of drug-likeness (QED) is 0.233. The molecule has 14 heteroatoms. The van der Waals surface area contributed by atoms with Crippen LogP contribution >= 0.6 is 19.3 Å². The molecule has 192 valence electrons. The Labute approximate surface area is 205 Å². The predicted molar refractivity (Wildman–Crippen MR) is 125 cm³/mol. The maximum absolute atomic E-state index is 13.5. The lowest BCUT2D eigenvalue weighted by molar-refractivity contribution is -0.144. The first-order chi connectivity index (χ1) is 16.5. The summed E-state index contributed by atoms with van der Waals surface area (Å²) in [5.74, 6) is -0.469. The number of rotatable bonds is 10. The van der Waals surface area contributed by atoms with Crippen LogP contribution in [0.3, 0.4) is 0 Å². The largest absolute Gasteiger partial charge is 0.465 e. The van der Waals surface area contributed by atoms with E-state index >= 15 is 0 Å². The van der Waals surface area contributed by atoms with E-state index < -0.39 is 60.9 Å². The van der Waals surface area contributed by atoms with Crippen LogP contribution in [-0.2, 0) is 23.4 Å². The van der Waals surface area contributed by atoms with E-state index in [1.54, 1.807) is 37.3 Å². The van der Waals surface area contributed by atoms with Gasteiger partial charge in [0.25, 0.3) is 5.56 Å². The number of aliphatic hydroxyl groups is 1. The summed E-state index contributed by atoms with van der Waals surface area (Å²) in [6.07, 6.45) is -2.51. The van der Waals surface area contributed by atoms with Crippen molar-refractivity contribution in [3.05, 3.63) is 63.4 Å². The Morgan fingerprint density at radius 2 is 2.03 bits per heavy atom. The lowest BCUT2D eigenvalue weighted by Gasteiger charge is -2.26. The van der Waals surface area contributed by atoms with Crippen LogP contribution in [0.25, 0.3) is 0 Å². The molecule has 0 radical (unpaired) electrons. The van der Waals surface area contributed by atoms with Crippen LogP contribution in [0.2, 0.25) is 0 Å². The molecule has 1 aliphatic rings. The summed E-state index contributed by atoms with van der Waals surface area (Å²) < 4.78 is 36.3. The highest BCUT2D eigenvalue weighted by Crippen LogP contribution is 2.48. The van der Waals surface area contributed by atoms with Crippen molar-refractivity contribution in [2.24, 2.45) is 0 Å². The molecular formula is C21H27ClN3O9P. The number of carbonyl (C=O) groups is 1. The second-order valence-electron chi connectivity index (χ2n) is 7.94. The number of hydrogen-bond donors (Lipinski definition) is 3. The molecule has 0 spiro atoms. The summed E-state index contributed by atoms with van der Waals surface area (Å²) in [4.78, 5) is 36.3. The molecule has 1 fully saturated rings. The maximum Gasteiger partial charge on any atom is 0.459 e. The highest BCUT2D eigenvalue weighted by molar-refractivity contribution is 7.52. The fraction of sp³-hybridized carbons (Fsp3) is 0.476. The minimum atomic E-state index is -4.20. The summed E-state index contributed by atoms with van der Waals surface area (Å²) in [6.45, 7) is 4.15. The standard InChI is InChI=1S/C21H27ClN3O9P/c1-4-31-18(28)13(2)24-35(30,34-14-8-6-5-7-9-14)32-12-15-17(27)21(3,22)19(33-15)25-11-10-16(26)23-20(25)29/h5-11,13,15,17,19,27H,4,12H2,1-3H3,(H,24,30)(H,23,26,29)/t13-,15-,17-,19-,21-,35+/m1/s1. The Balaban J connectivity index is 1.80. The Morgan fingerprint density at radius 3 is 2.66 bits per heavy atom. The molecule has 0 bridgehead atoms. The summed E-state index contributed by atoms with van der Waals surface area (Å²) in [7, 11) is -4.20. The average molecular weight is 532 g/mol. The van der Waals surface area contributed by atoms with Crippen LogP contribution < -0.4 is 20.9 Å². The van der Waals surface area contributed by atoms with Crippen molar-refractivity contribution in [2.75, 3.05) is 13.2 Å². The highest BCUT2D eigenvalue weighted by atomic mass is 35.5. The minimum absolute atomic E-state index is 0.122. The molecule has 0 unspecified atom stereocenters. The van der Waals surface area contributed by atoms with Gasteiger partial charge in [-0.2, -0.15) is 5.09 Å². The van der Waals surface area contributed by atoms with Crippen LogP contribution in [0.15, 0.2) is 52.2 Å². The van der Waals surface area contributed by atoms with Crippen molar-refractivity contribution in [3.63, 3.8) is 0 Å². The van der Waals surface area contributed by atoms with E-state index in [2.05, 4.69) is 10.1 Å². The number of nitrogens with zero attached hydrogens (tertiary/aromatic N) is 1. The first kappa shape index (κ1) is 27.1. The fourth-order valence-electron chi connectivity index (χ4n) is 3.40. The molecule has 3 rings (SSSR count). The molecule has 3 N–H and O–H groups in total. The zero-order valence-corrected chi connectivity index (χ0v) is 20.9. The molecule has 2 aromatic rings. The Bertz CT molecular complexity index is 1190. The van der Waals surface area contributed by atoms with Crippen molar-refractivity contribution >= 4 is 25.3 Å². The minimum Gasteiger partial charge on any atom is -0.465 e. The number of alkyl halides is 1. The van der Waals surface area contributed by atoms with Crippen LogP contribution in [0.4, 0.5) is 0 Å². The highest BCUT2D eigenvalue weighted by Gasteiger charge is 2.54. The number of halogens is 1. The summed E-state index contributed by atoms with van der Waals surface area (Å²) in [5, 5.41) is 13.3. The van der Waals surface area contributed by atoms with Gasteiger partial charge in [-0.3, -0.25) is 23.7 Å². The van der Waals surface area contributed by atoms with E-state index in [9.17, 15) is 24.1 Å². The molecule has 1 aromatic carbocycles. The van der Waals surface area contributed by atoms with E-state index in [1.165, 1.54) is 20.0 Å². The van der Waals surface area contributed by atoms with Gasteiger partial charge in [0.05, 0.1) is 13.2 Å². The van der Waals surface area contributed by atoms with Gasteiger partial charge >= 0.3 is 19.4 Å². The molecule has 2 heterocycles. The topological polar surface area (TPSA) is 158 Å². The van der Waals surface area contributed by atoms with Gasteiger partial charge in [0, 0.05) is 12.3 Å². The smallest absolute Gasteiger partial charge is 0.459 e. The Kier molecular flexibility index (Phi) is 8.58. The maximum atomic E-state index is 13.5. The van der Waals surface area contributed by atoms with Crippen LogP contribution in [-0.4, -0.2) is 57.0 Å². The molecule has 1 aliphatic heterocycles. The number of H-pyrrole nitrogens is 1. The number of aliphatic hydroxyl groups excluding tert-OH is 1. The number of ether oxygens (including phenoxy) is 2. The number of aromatic nitrogens is 2. The second kappa shape index (κ2) is 11.1. The van der Waals surface area contributed by atoms with E-state index in [4.69, 9.17) is 30.1 Å². The fourth-order valence-corrected chi connectivity index (χ4v) is 5.20. The lowest BCUT2D eigenvalue weighted by Crippen LogP contribution is -2.43. The monoisotopic (exact) mass is 531 g/mol. The molecular weight excluding hydrogens is 505 g/mol. The Hall–Kier alpha value is -2.47. The SMILES string of the molecule is CCOC(=O)[C@@H](C)N[P@](=O)(OC[C@H]1O[C@@H](n2ccc(=O)[nH]c2=O)[C@](C)(Cl)[C@@H]1O)Oc1ccccc1. The number of hydrogen-bond acceptors (Lipinski definition) is 9. The third-order valence-corrected chi connectivity index (χ3v) is 7.24. The summed E-state index contributed by atoms with van der Waals surface area (Å²) in [5.41, 5.74) is -1.40. The average Bonchev–Trinajstić information content (AvgIpc) is 3.02. The van der Waals surface area contributed by atoms with Crippen molar-refractivity contribution in [1.29, 1.82) is 0 Å². The van der Waals surface area contributed by atoms with Gasteiger partial charge in [-0.1, -0.05) is 18.2 Å². The van der Waals surface area contributed by atoms with Gasteiger partial charge in [-0.15, -0.1) is 11.6 Å². The summed E-state index contributed by atoms with van der Waals surface area (Å²) >= 11 is 6.51. The predicted octanol–water partition coefficient (Wildman–Crippen LogP) is 1.54. The van der Waals surface area contributed by atoms with E-state index in [-0.39, 0.29) is 12.4 Å². The Morgan fingerprint density at radius 1 is 1.34 bits per heavy atom. The van der Waals surface area contributed by atoms with Gasteiger partial charge in [0.15, 0.2) is 6.23 Å². The second-order valence-corrected chi connectivity index (χ2v) is 10.4. The van der Waals surface area contributed by atoms with E-state index in [1.807, 2.05) is 0 Å². The van der Waals surface area contributed by atoms with Gasteiger partial charge < -0.3 is 19.1 Å². The van der Waals surface area contributed by atoms with E-state index in [0.717, 1.165) is 10.6 Å². The zero-order valence-electron chi connectivity index (χ0n) is 19.3. The number of benzene rings is 1. The van der Waals surface area contributed by atoms with Crippen molar-refractivity contribution in [3.8, 4) is 5.75 Å². The number of para-hydroxylation sites is 1. The zero-order chi connectivity index (χ0) is 25.8. The first-order valence-electron chi connectivity index (χ1n) is 10.7. The van der Waals surface area contributed by atoms with Crippen molar-refractivity contribution in [2.45, 2.75) is 50.1 Å². The summed E-state index contributed by atoms with van der Waals surface area (Å²) in [6, 6.07) is 8.19. The molecule has 0 aliphatic carbocycles. The van der Waals surface area contributed by atoms with Crippen molar-refractivity contribution in [1.82, 2.24) is 14.6 Å².